The summed E-state index contributed by atoms with van der Waals surface area (Å²) in [5, 5.41) is 3.01. The summed E-state index contributed by atoms with van der Waals surface area (Å²) in [4.78, 5) is 13.0. The minimum atomic E-state index is -3.85. The lowest BCUT2D eigenvalue weighted by Gasteiger charge is -2.18. The Labute approximate surface area is 184 Å². The largest absolute Gasteiger partial charge is 0.345 e. The summed E-state index contributed by atoms with van der Waals surface area (Å²) in [7, 11) is -3.85. The van der Waals surface area contributed by atoms with E-state index in [-0.39, 0.29) is 16.8 Å². The molecule has 0 aliphatic carbocycles. The number of amides is 1. The van der Waals surface area contributed by atoms with Crippen LogP contribution in [0.15, 0.2) is 71.6 Å². The second-order valence-corrected chi connectivity index (χ2v) is 9.38. The monoisotopic (exact) mass is 436 g/mol. The van der Waals surface area contributed by atoms with Gasteiger partial charge in [-0.2, -0.15) is 0 Å². The van der Waals surface area contributed by atoms with Crippen LogP contribution < -0.4 is 10.0 Å². The molecule has 1 atom stereocenters. The zero-order valence-corrected chi connectivity index (χ0v) is 19.1. The van der Waals surface area contributed by atoms with Gasteiger partial charge in [0.1, 0.15) is 0 Å². The summed E-state index contributed by atoms with van der Waals surface area (Å²) in [6.45, 7) is 7.62. The van der Waals surface area contributed by atoms with E-state index in [1.54, 1.807) is 31.2 Å². The molecular weight excluding hydrogens is 408 g/mol. The molecule has 0 aliphatic heterocycles. The van der Waals surface area contributed by atoms with E-state index in [4.69, 9.17) is 0 Å². The van der Waals surface area contributed by atoms with Crippen molar-refractivity contribution in [2.75, 3.05) is 4.72 Å². The van der Waals surface area contributed by atoms with Gasteiger partial charge in [0.05, 0.1) is 10.9 Å². The normalized spacial score (nSPS) is 12.3. The van der Waals surface area contributed by atoms with Crippen molar-refractivity contribution in [2.45, 2.75) is 45.1 Å². The van der Waals surface area contributed by atoms with Crippen LogP contribution in [0, 0.1) is 20.8 Å². The van der Waals surface area contributed by atoms with Crippen LogP contribution in [0.5, 0.6) is 0 Å². The average Bonchev–Trinajstić information content (AvgIpc) is 2.75. The van der Waals surface area contributed by atoms with E-state index in [2.05, 4.69) is 10.0 Å². The third-order valence-corrected chi connectivity index (χ3v) is 6.94. The molecule has 162 valence electrons. The van der Waals surface area contributed by atoms with E-state index in [9.17, 15) is 13.2 Å². The highest BCUT2D eigenvalue weighted by molar-refractivity contribution is 7.92. The first-order chi connectivity index (χ1) is 14.7. The number of carbonyl (C=O) groups is 1. The maximum atomic E-state index is 13.1. The molecule has 3 aromatic rings. The van der Waals surface area contributed by atoms with Crippen molar-refractivity contribution in [3.63, 3.8) is 0 Å². The highest BCUT2D eigenvalue weighted by atomic mass is 32.2. The highest BCUT2D eigenvalue weighted by Gasteiger charge is 2.21. The first-order valence-electron chi connectivity index (χ1n) is 10.3. The van der Waals surface area contributed by atoms with Crippen LogP contribution in [-0.2, 0) is 10.0 Å². The van der Waals surface area contributed by atoms with E-state index >= 15 is 0 Å². The molecule has 0 aliphatic rings. The van der Waals surface area contributed by atoms with Crippen molar-refractivity contribution in [2.24, 2.45) is 0 Å². The molecule has 5 nitrogen and oxygen atoms in total. The fraction of sp³-hybridized carbons (Fsp3) is 0.240. The van der Waals surface area contributed by atoms with Crippen LogP contribution in [0.3, 0.4) is 0 Å². The van der Waals surface area contributed by atoms with Crippen molar-refractivity contribution in [3.05, 3.63) is 94.5 Å². The van der Waals surface area contributed by atoms with Gasteiger partial charge in [0.25, 0.3) is 15.9 Å². The van der Waals surface area contributed by atoms with Crippen molar-refractivity contribution in [3.8, 4) is 0 Å². The number of nitrogens with one attached hydrogen (secondary N) is 2. The van der Waals surface area contributed by atoms with Gasteiger partial charge in [0, 0.05) is 11.3 Å². The second-order valence-electron chi connectivity index (χ2n) is 7.73. The standard InChI is InChI=1S/C25H28N2O3S/c1-5-23(20-9-7-6-8-10-20)26-25(28)21-13-11-18(3)24(16-21)31(29,30)27-22-14-12-17(2)19(4)15-22/h6-16,23,27H,5H2,1-4H3,(H,26,28). The maximum absolute atomic E-state index is 13.1. The van der Waals surface area contributed by atoms with Crippen molar-refractivity contribution in [1.29, 1.82) is 0 Å². The molecule has 0 heterocycles. The third-order valence-electron chi connectivity index (χ3n) is 5.41. The number of hydrogen-bond donors (Lipinski definition) is 2. The zero-order valence-electron chi connectivity index (χ0n) is 18.3. The number of carbonyl (C=O) groups excluding carboxylic acids is 1. The number of rotatable bonds is 7. The van der Waals surface area contributed by atoms with E-state index < -0.39 is 10.0 Å². The lowest BCUT2D eigenvalue weighted by atomic mass is 10.0. The molecule has 0 spiro atoms. The SMILES string of the molecule is CCC(NC(=O)c1ccc(C)c(S(=O)(=O)Nc2ccc(C)c(C)c2)c1)c1ccccc1. The molecule has 1 unspecified atom stereocenters. The molecule has 0 radical (unpaired) electrons. The summed E-state index contributed by atoms with van der Waals surface area (Å²) in [6, 6.07) is 19.7. The van der Waals surface area contributed by atoms with Gasteiger partial charge in [-0.3, -0.25) is 9.52 Å². The van der Waals surface area contributed by atoms with Crippen molar-refractivity contribution >= 4 is 21.6 Å². The summed E-state index contributed by atoms with van der Waals surface area (Å²) in [5.41, 5.74) is 4.46. The molecule has 0 aromatic heterocycles. The van der Waals surface area contributed by atoms with Gasteiger partial charge in [-0.05, 0) is 73.7 Å². The molecule has 6 heteroatoms. The van der Waals surface area contributed by atoms with Gasteiger partial charge in [0.2, 0.25) is 0 Å². The average molecular weight is 437 g/mol. The van der Waals surface area contributed by atoms with Crippen LogP contribution >= 0.6 is 0 Å². The van der Waals surface area contributed by atoms with Gasteiger partial charge < -0.3 is 5.32 Å². The molecule has 3 aromatic carbocycles. The Bertz CT molecular complexity index is 1190. The van der Waals surface area contributed by atoms with Gasteiger partial charge >= 0.3 is 0 Å². The fourth-order valence-corrected chi connectivity index (χ4v) is 4.72. The second kappa shape index (κ2) is 9.35. The van der Waals surface area contributed by atoms with Crippen LogP contribution in [0.1, 0.15) is 52.0 Å². The first-order valence-corrected chi connectivity index (χ1v) is 11.8. The zero-order chi connectivity index (χ0) is 22.6. The number of aryl methyl sites for hydroxylation is 3. The van der Waals surface area contributed by atoms with Crippen molar-refractivity contribution < 1.29 is 13.2 Å². The molecule has 0 saturated carbocycles. The Kier molecular flexibility index (Phi) is 6.81. The predicted molar refractivity (Wildman–Crippen MR) is 125 cm³/mol. The number of sulfonamides is 1. The minimum Gasteiger partial charge on any atom is -0.345 e. The van der Waals surface area contributed by atoms with E-state index in [1.165, 1.54) is 6.07 Å². The summed E-state index contributed by atoms with van der Waals surface area (Å²) in [6.07, 6.45) is 0.723. The molecular formula is C25H28N2O3S. The van der Waals surface area contributed by atoms with Gasteiger partial charge in [0.15, 0.2) is 0 Å². The summed E-state index contributed by atoms with van der Waals surface area (Å²) < 4.78 is 28.7. The highest BCUT2D eigenvalue weighted by Crippen LogP contribution is 2.23. The Morgan fingerprint density at radius 1 is 0.871 bits per heavy atom. The Morgan fingerprint density at radius 3 is 2.19 bits per heavy atom. The Morgan fingerprint density at radius 2 is 1.55 bits per heavy atom. The summed E-state index contributed by atoms with van der Waals surface area (Å²) >= 11 is 0. The fourth-order valence-electron chi connectivity index (χ4n) is 3.39. The molecule has 1 amide bonds. The molecule has 0 fully saturated rings. The molecule has 0 saturated heterocycles. The van der Waals surface area contributed by atoms with Gasteiger partial charge in [-0.15, -0.1) is 0 Å². The quantitative estimate of drug-likeness (QED) is 0.528. The predicted octanol–water partition coefficient (Wildman–Crippen LogP) is 5.29. The van der Waals surface area contributed by atoms with Crippen LogP contribution in [0.4, 0.5) is 5.69 Å². The van der Waals surface area contributed by atoms with Crippen LogP contribution in [0.25, 0.3) is 0 Å². The van der Waals surface area contributed by atoms with Gasteiger partial charge in [-0.1, -0.05) is 49.4 Å². The number of hydrogen-bond acceptors (Lipinski definition) is 3. The first kappa shape index (κ1) is 22.6. The lowest BCUT2D eigenvalue weighted by Crippen LogP contribution is -2.28. The van der Waals surface area contributed by atoms with E-state index in [0.717, 1.165) is 23.1 Å². The Balaban J connectivity index is 1.86. The summed E-state index contributed by atoms with van der Waals surface area (Å²) in [5.74, 6) is -0.307. The van der Waals surface area contributed by atoms with Crippen LogP contribution in [0.2, 0.25) is 0 Å². The number of anilines is 1. The van der Waals surface area contributed by atoms with Crippen molar-refractivity contribution in [1.82, 2.24) is 5.32 Å². The molecule has 3 rings (SSSR count). The van der Waals surface area contributed by atoms with E-state index in [0.29, 0.717) is 16.8 Å². The third kappa shape index (κ3) is 5.33. The maximum Gasteiger partial charge on any atom is 0.262 e. The smallest absolute Gasteiger partial charge is 0.262 e. The minimum absolute atomic E-state index is 0.0890. The topological polar surface area (TPSA) is 75.3 Å². The molecule has 0 bridgehead atoms. The molecule has 2 N–H and O–H groups in total. The lowest BCUT2D eigenvalue weighted by molar-refractivity contribution is 0.0935. The number of benzene rings is 3. The van der Waals surface area contributed by atoms with Crippen LogP contribution in [-0.4, -0.2) is 14.3 Å². The van der Waals surface area contributed by atoms with Gasteiger partial charge in [-0.25, -0.2) is 8.42 Å². The Hall–Kier alpha value is -3.12. The van der Waals surface area contributed by atoms with E-state index in [1.807, 2.05) is 57.2 Å². The molecule has 31 heavy (non-hydrogen) atoms.